The van der Waals surface area contributed by atoms with E-state index in [0.717, 1.165) is 34.0 Å². The molecule has 0 aromatic heterocycles. The summed E-state index contributed by atoms with van der Waals surface area (Å²) in [6.07, 6.45) is 2.76. The van der Waals surface area contributed by atoms with Gasteiger partial charge in [0.25, 0.3) is 5.91 Å². The first-order chi connectivity index (χ1) is 17.1. The summed E-state index contributed by atoms with van der Waals surface area (Å²) in [5.74, 6) is 0.668. The topological polar surface area (TPSA) is 71.3 Å². The molecule has 4 aromatic carbocycles. The first kappa shape index (κ1) is 23.6. The molecule has 0 saturated heterocycles. The molecule has 0 atom stereocenters. The van der Waals surface area contributed by atoms with E-state index in [0.29, 0.717) is 17.1 Å². The van der Waals surface area contributed by atoms with Crippen LogP contribution in [0.25, 0.3) is 22.4 Å². The number of nitrogens with zero attached hydrogens (tertiary/aromatic N) is 1. The minimum atomic E-state index is -0.261. The van der Waals surface area contributed by atoms with Gasteiger partial charge in [0.15, 0.2) is 18.1 Å². The molecule has 4 rings (SSSR count). The van der Waals surface area contributed by atoms with Crippen LogP contribution in [0.1, 0.15) is 23.6 Å². The van der Waals surface area contributed by atoms with E-state index >= 15 is 0 Å². The summed E-state index contributed by atoms with van der Waals surface area (Å²) in [4.78, 5) is 12.3. The minimum absolute atomic E-state index is 0.152. The van der Waals surface area contributed by atoms with Crippen molar-refractivity contribution in [3.63, 3.8) is 0 Å². The number of rotatable bonds is 8. The Labute approximate surface area is 205 Å². The number of methoxy groups -OCH3 is 1. The number of ether oxygens (including phenoxy) is 2. The number of amides is 1. The molecule has 0 aliphatic carbocycles. The van der Waals surface area contributed by atoms with Crippen LogP contribution < -0.4 is 14.8 Å². The molecular formula is C30H26N2O3. The number of nitrogens with one attached hydrogen (secondary N) is 1. The van der Waals surface area contributed by atoms with Crippen molar-refractivity contribution < 1.29 is 14.3 Å². The molecule has 0 radical (unpaired) electrons. The molecule has 174 valence electrons. The van der Waals surface area contributed by atoms with Crippen LogP contribution in [-0.4, -0.2) is 19.6 Å². The van der Waals surface area contributed by atoms with E-state index in [-0.39, 0.29) is 12.5 Å². The van der Waals surface area contributed by atoms with Crippen LogP contribution in [0.5, 0.6) is 11.5 Å². The van der Waals surface area contributed by atoms with Crippen LogP contribution in [0.4, 0.5) is 5.69 Å². The normalized spacial score (nSPS) is 11.1. The standard InChI is InChI=1S/C30H26N2O3/c1-3-21-11-14-25(15-12-21)32-30(33)20-35-28-16-13-22(18-29(28)34-2)17-24(19-31)27-10-6-8-23-7-4-5-9-26(23)27/h4-18H,3,20H2,1-2H3,(H,32,33)/b24-17+. The van der Waals surface area contributed by atoms with Crippen molar-refractivity contribution in [3.05, 3.63) is 102 Å². The predicted octanol–water partition coefficient (Wildman–Crippen LogP) is 6.49. The van der Waals surface area contributed by atoms with Crippen molar-refractivity contribution in [3.8, 4) is 17.6 Å². The second-order valence-electron chi connectivity index (χ2n) is 7.99. The quantitative estimate of drug-likeness (QED) is 0.240. The summed E-state index contributed by atoms with van der Waals surface area (Å²) >= 11 is 0. The average molecular weight is 463 g/mol. The molecule has 0 bridgehead atoms. The molecule has 0 heterocycles. The van der Waals surface area contributed by atoms with Gasteiger partial charge in [0.05, 0.1) is 18.8 Å². The number of nitriles is 1. The van der Waals surface area contributed by atoms with Crippen molar-refractivity contribution in [2.24, 2.45) is 0 Å². The zero-order chi connectivity index (χ0) is 24.6. The molecule has 1 N–H and O–H groups in total. The Morgan fingerprint density at radius 1 is 0.971 bits per heavy atom. The SMILES string of the molecule is CCc1ccc(NC(=O)COc2ccc(/C=C(\C#N)c3cccc4ccccc34)cc2OC)cc1. The molecule has 0 saturated carbocycles. The van der Waals surface area contributed by atoms with Crippen LogP contribution in [0.15, 0.2) is 84.9 Å². The van der Waals surface area contributed by atoms with Gasteiger partial charge in [-0.1, -0.05) is 67.6 Å². The Bertz CT molecular complexity index is 1410. The zero-order valence-corrected chi connectivity index (χ0v) is 19.7. The maximum atomic E-state index is 12.3. The number of fused-ring (bicyclic) bond motifs is 1. The number of hydrogen-bond donors (Lipinski definition) is 1. The minimum Gasteiger partial charge on any atom is -0.493 e. The maximum Gasteiger partial charge on any atom is 0.262 e. The maximum absolute atomic E-state index is 12.3. The summed E-state index contributed by atoms with van der Waals surface area (Å²) in [7, 11) is 1.54. The summed E-state index contributed by atoms with van der Waals surface area (Å²) in [6, 6.07) is 29.3. The molecule has 0 aliphatic rings. The fourth-order valence-corrected chi connectivity index (χ4v) is 3.85. The Kier molecular flexibility index (Phi) is 7.44. The van der Waals surface area contributed by atoms with Crippen LogP contribution in [0.2, 0.25) is 0 Å². The fraction of sp³-hybridized carbons (Fsp3) is 0.133. The Hall–Kier alpha value is -4.56. The lowest BCUT2D eigenvalue weighted by Crippen LogP contribution is -2.20. The molecule has 4 aromatic rings. The molecule has 35 heavy (non-hydrogen) atoms. The van der Waals surface area contributed by atoms with E-state index in [4.69, 9.17) is 9.47 Å². The first-order valence-corrected chi connectivity index (χ1v) is 11.4. The third-order valence-corrected chi connectivity index (χ3v) is 5.70. The van der Waals surface area contributed by atoms with Gasteiger partial charge in [0.2, 0.25) is 0 Å². The molecule has 1 amide bonds. The number of allylic oxidation sites excluding steroid dienone is 1. The van der Waals surface area contributed by atoms with Gasteiger partial charge in [-0.3, -0.25) is 4.79 Å². The highest BCUT2D eigenvalue weighted by molar-refractivity contribution is 6.01. The van der Waals surface area contributed by atoms with Crippen LogP contribution in [0.3, 0.4) is 0 Å². The summed E-state index contributed by atoms with van der Waals surface area (Å²) < 4.78 is 11.2. The smallest absolute Gasteiger partial charge is 0.262 e. The van der Waals surface area contributed by atoms with Gasteiger partial charge in [0, 0.05) is 11.3 Å². The lowest BCUT2D eigenvalue weighted by molar-refractivity contribution is -0.118. The van der Waals surface area contributed by atoms with Crippen LogP contribution >= 0.6 is 0 Å². The third kappa shape index (κ3) is 5.69. The van der Waals surface area contributed by atoms with Crippen molar-refractivity contribution in [1.82, 2.24) is 0 Å². The van der Waals surface area contributed by atoms with E-state index in [1.54, 1.807) is 19.2 Å². The second-order valence-corrected chi connectivity index (χ2v) is 7.99. The molecule has 5 nitrogen and oxygen atoms in total. The highest BCUT2D eigenvalue weighted by atomic mass is 16.5. The van der Waals surface area contributed by atoms with Crippen LogP contribution in [0, 0.1) is 11.3 Å². The van der Waals surface area contributed by atoms with Crippen molar-refractivity contribution >= 4 is 34.0 Å². The Morgan fingerprint density at radius 2 is 1.74 bits per heavy atom. The first-order valence-electron chi connectivity index (χ1n) is 11.4. The monoisotopic (exact) mass is 462 g/mol. The second kappa shape index (κ2) is 11.0. The average Bonchev–Trinajstić information content (AvgIpc) is 2.91. The number of carbonyl (C=O) groups excluding carboxylic acids is 1. The Balaban J connectivity index is 1.50. The van der Waals surface area contributed by atoms with Gasteiger partial charge in [0.1, 0.15) is 0 Å². The zero-order valence-electron chi connectivity index (χ0n) is 19.7. The number of benzene rings is 4. The fourth-order valence-electron chi connectivity index (χ4n) is 3.85. The van der Waals surface area contributed by atoms with Gasteiger partial charge in [-0.05, 0) is 58.7 Å². The van der Waals surface area contributed by atoms with E-state index in [1.807, 2.05) is 78.9 Å². The summed E-state index contributed by atoms with van der Waals surface area (Å²) in [5.41, 5.74) is 4.14. The lowest BCUT2D eigenvalue weighted by Gasteiger charge is -2.12. The van der Waals surface area contributed by atoms with E-state index in [1.165, 1.54) is 5.56 Å². The van der Waals surface area contributed by atoms with Gasteiger partial charge < -0.3 is 14.8 Å². The number of anilines is 1. The Morgan fingerprint density at radius 3 is 2.49 bits per heavy atom. The van der Waals surface area contributed by atoms with Gasteiger partial charge in [-0.15, -0.1) is 0 Å². The third-order valence-electron chi connectivity index (χ3n) is 5.70. The van der Waals surface area contributed by atoms with E-state index in [9.17, 15) is 10.1 Å². The van der Waals surface area contributed by atoms with Gasteiger partial charge in [-0.25, -0.2) is 0 Å². The molecular weight excluding hydrogens is 436 g/mol. The number of carbonyl (C=O) groups is 1. The van der Waals surface area contributed by atoms with Crippen molar-refractivity contribution in [2.75, 3.05) is 19.0 Å². The van der Waals surface area contributed by atoms with Crippen molar-refractivity contribution in [1.29, 1.82) is 5.26 Å². The lowest BCUT2D eigenvalue weighted by atomic mass is 9.97. The van der Waals surface area contributed by atoms with E-state index in [2.05, 4.69) is 18.3 Å². The summed E-state index contributed by atoms with van der Waals surface area (Å²) in [5, 5.41) is 14.8. The van der Waals surface area contributed by atoms with Gasteiger partial charge >= 0.3 is 0 Å². The molecule has 5 heteroatoms. The molecule has 0 aliphatic heterocycles. The molecule has 0 spiro atoms. The number of hydrogen-bond acceptors (Lipinski definition) is 4. The van der Waals surface area contributed by atoms with Gasteiger partial charge in [-0.2, -0.15) is 5.26 Å². The molecule has 0 unspecified atom stereocenters. The van der Waals surface area contributed by atoms with E-state index < -0.39 is 0 Å². The van der Waals surface area contributed by atoms with Crippen molar-refractivity contribution in [2.45, 2.75) is 13.3 Å². The highest BCUT2D eigenvalue weighted by Gasteiger charge is 2.11. The molecule has 0 fully saturated rings. The number of aryl methyl sites for hydroxylation is 1. The predicted molar refractivity (Wildman–Crippen MR) is 140 cm³/mol. The highest BCUT2D eigenvalue weighted by Crippen LogP contribution is 2.31. The summed E-state index contributed by atoms with van der Waals surface area (Å²) in [6.45, 7) is 1.93. The largest absolute Gasteiger partial charge is 0.493 e. The van der Waals surface area contributed by atoms with Crippen LogP contribution in [-0.2, 0) is 11.2 Å².